The Kier molecular flexibility index (Phi) is 6.31. The molecule has 2 aromatic carbocycles. The van der Waals surface area contributed by atoms with Crippen LogP contribution in [0.3, 0.4) is 0 Å². The van der Waals surface area contributed by atoms with Crippen LogP contribution in [0.2, 0.25) is 0 Å². The fourth-order valence-electron chi connectivity index (χ4n) is 4.32. The third kappa shape index (κ3) is 4.68. The first kappa shape index (κ1) is 22.2. The van der Waals surface area contributed by atoms with Crippen LogP contribution in [0.25, 0.3) is 11.0 Å². The summed E-state index contributed by atoms with van der Waals surface area (Å²) < 4.78 is 22.8. The van der Waals surface area contributed by atoms with Crippen molar-refractivity contribution in [2.75, 3.05) is 50.6 Å². The Labute approximate surface area is 198 Å². The molecule has 34 heavy (non-hydrogen) atoms. The standard InChI is InChI=1S/C26H29FN6O/c1-31-12-14-32(15-13-31)23-17-24(34-2)22(16-21(23)27)29-26-28-18-20-9-11-33(25(20)30-26)10-8-19-6-4-3-5-7-19/h3-7,9,11,16-18H,8,10,12-15H2,1-2H3,(H,28,29,30). The number of aryl methyl sites for hydroxylation is 2. The molecule has 0 saturated carbocycles. The predicted octanol–water partition coefficient (Wildman–Crippen LogP) is 4.32. The summed E-state index contributed by atoms with van der Waals surface area (Å²) in [4.78, 5) is 13.4. The van der Waals surface area contributed by atoms with Crippen molar-refractivity contribution in [3.05, 3.63) is 72.3 Å². The molecule has 1 saturated heterocycles. The van der Waals surface area contributed by atoms with E-state index in [1.807, 2.05) is 18.3 Å². The molecule has 3 heterocycles. The summed E-state index contributed by atoms with van der Waals surface area (Å²) >= 11 is 0. The summed E-state index contributed by atoms with van der Waals surface area (Å²) in [6.07, 6.45) is 4.71. The molecule has 0 bridgehead atoms. The first-order valence-electron chi connectivity index (χ1n) is 11.5. The SMILES string of the molecule is COc1cc(N2CCN(C)CC2)c(F)cc1Nc1ncc2ccn(CCc3ccccc3)c2n1. The lowest BCUT2D eigenvalue weighted by atomic mass is 10.1. The Morgan fingerprint density at radius 3 is 2.62 bits per heavy atom. The van der Waals surface area contributed by atoms with Crippen LogP contribution >= 0.6 is 0 Å². The van der Waals surface area contributed by atoms with Crippen molar-refractivity contribution in [1.29, 1.82) is 0 Å². The lowest BCUT2D eigenvalue weighted by Crippen LogP contribution is -2.44. The number of hydrogen-bond donors (Lipinski definition) is 1. The number of piperazine rings is 1. The Bertz CT molecular complexity index is 1270. The van der Waals surface area contributed by atoms with E-state index in [2.05, 4.69) is 56.0 Å². The molecule has 1 aliphatic heterocycles. The van der Waals surface area contributed by atoms with Crippen LogP contribution in [0.5, 0.6) is 5.75 Å². The number of rotatable bonds is 7. The molecular weight excluding hydrogens is 431 g/mol. The summed E-state index contributed by atoms with van der Waals surface area (Å²) in [5.74, 6) is 0.663. The maximum atomic E-state index is 15.1. The topological polar surface area (TPSA) is 58.5 Å². The number of nitrogens with zero attached hydrogens (tertiary/aromatic N) is 5. The summed E-state index contributed by atoms with van der Waals surface area (Å²) in [5.41, 5.74) is 3.17. The third-order valence-corrected chi connectivity index (χ3v) is 6.35. The number of ether oxygens (including phenoxy) is 1. The molecule has 1 aliphatic rings. The van der Waals surface area contributed by atoms with Gasteiger partial charge in [0.2, 0.25) is 5.95 Å². The van der Waals surface area contributed by atoms with Crippen molar-refractivity contribution in [3.8, 4) is 5.75 Å². The minimum Gasteiger partial charge on any atom is -0.494 e. The number of nitrogens with one attached hydrogen (secondary N) is 1. The van der Waals surface area contributed by atoms with E-state index in [1.165, 1.54) is 11.6 Å². The number of hydrogen-bond acceptors (Lipinski definition) is 6. The molecule has 0 spiro atoms. The molecule has 0 aliphatic carbocycles. The van der Waals surface area contributed by atoms with Crippen molar-refractivity contribution in [1.82, 2.24) is 19.4 Å². The molecule has 0 atom stereocenters. The zero-order valence-electron chi connectivity index (χ0n) is 19.5. The lowest BCUT2D eigenvalue weighted by molar-refractivity contribution is 0.311. The highest BCUT2D eigenvalue weighted by Crippen LogP contribution is 2.34. The normalized spacial score (nSPS) is 14.5. The predicted molar refractivity (Wildman–Crippen MR) is 134 cm³/mol. The summed E-state index contributed by atoms with van der Waals surface area (Å²) in [6, 6.07) is 15.6. The van der Waals surface area contributed by atoms with Gasteiger partial charge in [0.15, 0.2) is 0 Å². The van der Waals surface area contributed by atoms with E-state index < -0.39 is 0 Å². The van der Waals surface area contributed by atoms with Crippen molar-refractivity contribution in [2.45, 2.75) is 13.0 Å². The molecule has 1 fully saturated rings. The number of methoxy groups -OCH3 is 1. The third-order valence-electron chi connectivity index (χ3n) is 6.35. The van der Waals surface area contributed by atoms with Gasteiger partial charge >= 0.3 is 0 Å². The molecule has 5 rings (SSSR count). The maximum absolute atomic E-state index is 15.1. The van der Waals surface area contributed by atoms with E-state index in [1.54, 1.807) is 19.4 Å². The first-order valence-corrected chi connectivity index (χ1v) is 11.5. The van der Waals surface area contributed by atoms with Crippen molar-refractivity contribution in [3.63, 3.8) is 0 Å². The minimum absolute atomic E-state index is 0.292. The molecule has 1 N–H and O–H groups in total. The van der Waals surface area contributed by atoms with Gasteiger partial charge in [-0.05, 0) is 25.1 Å². The maximum Gasteiger partial charge on any atom is 0.229 e. The molecule has 0 unspecified atom stereocenters. The van der Waals surface area contributed by atoms with E-state index in [-0.39, 0.29) is 5.82 Å². The second-order valence-electron chi connectivity index (χ2n) is 8.64. The van der Waals surface area contributed by atoms with E-state index >= 15 is 4.39 Å². The van der Waals surface area contributed by atoms with E-state index in [0.29, 0.717) is 23.1 Å². The van der Waals surface area contributed by atoms with Crippen LogP contribution in [0.4, 0.5) is 21.7 Å². The highest BCUT2D eigenvalue weighted by Gasteiger charge is 2.20. The monoisotopic (exact) mass is 460 g/mol. The number of anilines is 3. The molecule has 0 radical (unpaired) electrons. The van der Waals surface area contributed by atoms with Gasteiger partial charge in [-0.1, -0.05) is 30.3 Å². The Hall–Kier alpha value is -3.65. The van der Waals surface area contributed by atoms with Crippen molar-refractivity contribution < 1.29 is 9.13 Å². The fraction of sp³-hybridized carbons (Fsp3) is 0.308. The smallest absolute Gasteiger partial charge is 0.229 e. The molecule has 4 aromatic rings. The number of likely N-dealkylation sites (N-methyl/N-ethyl adjacent to an activating group) is 1. The molecular formula is C26H29FN6O. The second kappa shape index (κ2) is 9.69. The van der Waals surface area contributed by atoms with Crippen LogP contribution in [-0.2, 0) is 13.0 Å². The first-order chi connectivity index (χ1) is 16.6. The summed E-state index contributed by atoms with van der Waals surface area (Å²) in [7, 11) is 3.67. The molecule has 7 nitrogen and oxygen atoms in total. The Morgan fingerprint density at radius 2 is 1.85 bits per heavy atom. The highest BCUT2D eigenvalue weighted by atomic mass is 19.1. The zero-order valence-corrected chi connectivity index (χ0v) is 19.5. The van der Waals surface area contributed by atoms with Gasteiger partial charge < -0.3 is 24.4 Å². The zero-order chi connectivity index (χ0) is 23.5. The van der Waals surface area contributed by atoms with Crippen LogP contribution in [0.15, 0.2) is 60.9 Å². The van der Waals surface area contributed by atoms with Gasteiger partial charge in [-0.15, -0.1) is 0 Å². The van der Waals surface area contributed by atoms with E-state index in [4.69, 9.17) is 9.72 Å². The Morgan fingerprint density at radius 1 is 1.06 bits per heavy atom. The average Bonchev–Trinajstić information content (AvgIpc) is 3.26. The van der Waals surface area contributed by atoms with Gasteiger partial charge in [0, 0.05) is 62.6 Å². The number of halogens is 1. The lowest BCUT2D eigenvalue weighted by Gasteiger charge is -2.34. The van der Waals surface area contributed by atoms with Gasteiger partial charge in [-0.3, -0.25) is 0 Å². The van der Waals surface area contributed by atoms with Gasteiger partial charge in [-0.25, -0.2) is 9.37 Å². The van der Waals surface area contributed by atoms with Crippen LogP contribution in [0, 0.1) is 5.82 Å². The molecule has 176 valence electrons. The number of fused-ring (bicyclic) bond motifs is 1. The van der Waals surface area contributed by atoms with Crippen LogP contribution in [0.1, 0.15) is 5.56 Å². The number of aromatic nitrogens is 3. The second-order valence-corrected chi connectivity index (χ2v) is 8.64. The fourth-order valence-corrected chi connectivity index (χ4v) is 4.32. The largest absolute Gasteiger partial charge is 0.494 e. The molecule has 0 amide bonds. The van der Waals surface area contributed by atoms with Crippen molar-refractivity contribution in [2.24, 2.45) is 0 Å². The summed E-state index contributed by atoms with van der Waals surface area (Å²) in [5, 5.41) is 4.12. The van der Waals surface area contributed by atoms with Gasteiger partial charge in [0.05, 0.1) is 18.5 Å². The van der Waals surface area contributed by atoms with E-state index in [9.17, 15) is 0 Å². The Balaban J connectivity index is 1.37. The molecule has 2 aromatic heterocycles. The summed E-state index contributed by atoms with van der Waals surface area (Å²) in [6.45, 7) is 4.17. The van der Waals surface area contributed by atoms with E-state index in [0.717, 1.165) is 50.2 Å². The molecule has 8 heteroatoms. The highest BCUT2D eigenvalue weighted by molar-refractivity contribution is 5.77. The van der Waals surface area contributed by atoms with Crippen LogP contribution < -0.4 is 15.0 Å². The number of benzene rings is 2. The average molecular weight is 461 g/mol. The minimum atomic E-state index is -0.292. The van der Waals surface area contributed by atoms with Gasteiger partial charge in [-0.2, -0.15) is 4.98 Å². The quantitative estimate of drug-likeness (QED) is 0.443. The van der Waals surface area contributed by atoms with Gasteiger partial charge in [0.25, 0.3) is 0 Å². The van der Waals surface area contributed by atoms with Crippen molar-refractivity contribution >= 4 is 28.4 Å². The van der Waals surface area contributed by atoms with Crippen LogP contribution in [-0.4, -0.2) is 59.8 Å². The van der Waals surface area contributed by atoms with Gasteiger partial charge in [0.1, 0.15) is 17.2 Å².